The Labute approximate surface area is 486 Å². The van der Waals surface area contributed by atoms with Crippen LogP contribution < -0.4 is 27.0 Å². The van der Waals surface area contributed by atoms with E-state index in [1.165, 1.54) is 96.3 Å². The van der Waals surface area contributed by atoms with Gasteiger partial charge in [0.2, 0.25) is 5.91 Å². The van der Waals surface area contributed by atoms with Gasteiger partial charge in [0.1, 0.15) is 34.5 Å². The fraction of sp³-hybridized carbons (Fsp3) is 0.857. The first-order chi connectivity index (χ1) is 37.6. The van der Waals surface area contributed by atoms with E-state index in [4.69, 9.17) is 24.7 Å². The third kappa shape index (κ3) is 45.1. The highest BCUT2D eigenvalue weighted by Crippen LogP contribution is 2.19. The number of ether oxygens (including phenoxy) is 4. The maximum absolute atomic E-state index is 15.4. The minimum absolute atomic E-state index is 0.00653. The molecule has 5 amide bonds. The lowest BCUT2D eigenvalue weighted by atomic mass is 9.94. The summed E-state index contributed by atoms with van der Waals surface area (Å²) in [7, 11) is 0. The molecule has 0 aliphatic heterocycles. The normalized spacial score (nSPS) is 13.5. The lowest BCUT2D eigenvalue weighted by Gasteiger charge is -2.35. The lowest BCUT2D eigenvalue weighted by molar-refractivity contribution is -0.137. The highest BCUT2D eigenvalue weighted by molar-refractivity contribution is 6.00. The summed E-state index contributed by atoms with van der Waals surface area (Å²) in [6.07, 6.45) is 33.4. The summed E-state index contributed by atoms with van der Waals surface area (Å²) in [5.41, 5.74) is 2.26. The van der Waals surface area contributed by atoms with Gasteiger partial charge in [-0.25, -0.2) is 19.2 Å². The molecule has 0 aromatic carbocycles. The number of hydrogen-bond donors (Lipinski definition) is 5. The molecular formula is C63H119N7O10. The molecule has 0 saturated heterocycles. The smallest absolute Gasteiger partial charge is 0.414 e. The van der Waals surface area contributed by atoms with Crippen molar-refractivity contribution < 1.29 is 47.7 Å². The van der Waals surface area contributed by atoms with E-state index < -0.39 is 76.6 Å². The van der Waals surface area contributed by atoms with Crippen LogP contribution in [0.5, 0.6) is 0 Å². The minimum atomic E-state index is -1.77. The number of alkyl carbamates (subject to hydrolysis) is 4. The first kappa shape index (κ1) is 75.4. The molecule has 0 bridgehead atoms. The summed E-state index contributed by atoms with van der Waals surface area (Å²) in [6.45, 7) is 25.4. The summed E-state index contributed by atoms with van der Waals surface area (Å²) in [6, 6.07) is -4.86. The van der Waals surface area contributed by atoms with Gasteiger partial charge in [0.25, 0.3) is 0 Å². The summed E-state index contributed by atoms with van der Waals surface area (Å²) in [4.78, 5) is 90.1. The van der Waals surface area contributed by atoms with Crippen molar-refractivity contribution in [1.82, 2.24) is 26.2 Å². The van der Waals surface area contributed by atoms with Gasteiger partial charge in [-0.3, -0.25) is 19.9 Å². The van der Waals surface area contributed by atoms with E-state index in [1.54, 1.807) is 88.0 Å². The Morgan fingerprint density at radius 2 is 0.762 bits per heavy atom. The molecule has 0 radical (unpaired) electrons. The van der Waals surface area contributed by atoms with Crippen molar-refractivity contribution in [2.24, 2.45) is 10.7 Å². The maximum Gasteiger partial charge on any atom is 0.414 e. The predicted octanol–water partition coefficient (Wildman–Crippen LogP) is 15.2. The van der Waals surface area contributed by atoms with Crippen molar-refractivity contribution in [3.63, 3.8) is 0 Å². The van der Waals surface area contributed by atoms with Gasteiger partial charge in [-0.15, -0.1) is 0 Å². The largest absolute Gasteiger partial charge is 0.444 e. The molecule has 0 heterocycles. The Morgan fingerprint density at radius 1 is 0.438 bits per heavy atom. The molecule has 80 heavy (non-hydrogen) atoms. The van der Waals surface area contributed by atoms with Crippen molar-refractivity contribution in [3.05, 3.63) is 12.2 Å². The second-order valence-electron chi connectivity index (χ2n) is 25.7. The van der Waals surface area contributed by atoms with Crippen molar-refractivity contribution in [1.29, 1.82) is 0 Å². The van der Waals surface area contributed by atoms with Gasteiger partial charge in [0, 0.05) is 19.6 Å². The van der Waals surface area contributed by atoms with E-state index in [0.717, 1.165) is 70.6 Å². The Kier molecular flexibility index (Phi) is 40.7. The van der Waals surface area contributed by atoms with Crippen molar-refractivity contribution in [2.45, 2.75) is 330 Å². The number of aliphatic imine (C=N–C) groups is 1. The summed E-state index contributed by atoms with van der Waals surface area (Å²) in [5, 5.41) is 10.4. The number of hydrogen-bond acceptors (Lipinski definition) is 11. The van der Waals surface area contributed by atoms with Crippen LogP contribution in [0.1, 0.15) is 290 Å². The molecule has 0 saturated carbocycles. The molecule has 0 aromatic rings. The Hall–Kier alpha value is -4.57. The van der Waals surface area contributed by atoms with Crippen LogP contribution >= 0.6 is 0 Å². The summed E-state index contributed by atoms with van der Waals surface area (Å²) >= 11 is 0. The highest BCUT2D eigenvalue weighted by Gasteiger charge is 2.43. The Bertz CT molecular complexity index is 1760. The standard InChI is InChI=1S/C63H119N7O10/c1-15-17-19-21-23-25-27-29-31-32-34-36-38-40-42-44-49-70(48-43-41-39-37-35-33-30-28-26-24-22-20-18-16-2)54(72)52(68-58(75)79-62(9,10)11)51(67-57(74)78-61(6,7)8)53(71)50(66-56(73)77-60(3,4)5)46-45-47-65-55(64)69-59(76)80-63(12,13)14/h29,31,50-52H,15-28,30,32-49H2,1-14H3,(H,66,73)(H,67,74)(H,68,75)(H3,64,65,69,76)/t50-,51?,52?/m0/s1. The zero-order valence-electron chi connectivity index (χ0n) is 53.3. The van der Waals surface area contributed by atoms with E-state index in [2.05, 4.69) is 52.3 Å². The number of nitrogens with one attached hydrogen (secondary N) is 4. The zero-order valence-corrected chi connectivity index (χ0v) is 53.3. The third-order valence-electron chi connectivity index (χ3n) is 12.9. The number of ketones is 1. The molecule has 0 fully saturated rings. The first-order valence-corrected chi connectivity index (χ1v) is 31.3. The van der Waals surface area contributed by atoms with E-state index in [-0.39, 0.29) is 25.3 Å². The average molecular weight is 1130 g/mol. The van der Waals surface area contributed by atoms with Gasteiger partial charge in [0.05, 0.1) is 6.04 Å². The molecule has 0 aromatic heterocycles. The topological polar surface area (TPSA) is 229 Å². The third-order valence-corrected chi connectivity index (χ3v) is 12.9. The molecule has 0 aliphatic rings. The van der Waals surface area contributed by atoms with Gasteiger partial charge in [-0.05, 0) is 134 Å². The number of nitrogens with two attached hydrogens (primary N) is 1. The SMILES string of the molecule is CCCCCCCCC=CCCCCCCCCN(CCCCCCCCCCCCCCCC)C(=O)C(NC(=O)OC(C)(C)C)C(NC(=O)OC(C)(C)C)C(=O)[C@H](CCCN=C(N)NC(=O)OC(C)(C)C)NC(=O)OC(C)(C)C. The Morgan fingerprint density at radius 3 is 1.14 bits per heavy atom. The molecule has 0 rings (SSSR count). The van der Waals surface area contributed by atoms with Gasteiger partial charge >= 0.3 is 24.4 Å². The maximum atomic E-state index is 15.4. The molecule has 0 spiro atoms. The highest BCUT2D eigenvalue weighted by atomic mass is 16.6. The van der Waals surface area contributed by atoms with Crippen LogP contribution in [0.3, 0.4) is 0 Å². The monoisotopic (exact) mass is 1130 g/mol. The molecule has 17 heteroatoms. The summed E-state index contributed by atoms with van der Waals surface area (Å²) in [5.74, 6) is -1.62. The minimum Gasteiger partial charge on any atom is -0.444 e. The van der Waals surface area contributed by atoms with Crippen LogP contribution in [0, 0.1) is 0 Å². The van der Waals surface area contributed by atoms with Crippen molar-refractivity contribution in [2.75, 3.05) is 19.6 Å². The number of carbonyl (C=O) groups excluding carboxylic acids is 6. The Balaban J connectivity index is 6.83. The number of guanidine groups is 1. The van der Waals surface area contributed by atoms with E-state index in [1.807, 2.05) is 0 Å². The van der Waals surface area contributed by atoms with Crippen molar-refractivity contribution in [3.8, 4) is 0 Å². The van der Waals surface area contributed by atoms with Gasteiger partial charge in [0.15, 0.2) is 11.7 Å². The van der Waals surface area contributed by atoms with Crippen molar-refractivity contribution >= 4 is 42.0 Å². The number of unbranched alkanes of at least 4 members (excludes halogenated alkanes) is 25. The van der Waals surface area contributed by atoms with Gasteiger partial charge in [-0.2, -0.15) is 0 Å². The summed E-state index contributed by atoms with van der Waals surface area (Å²) < 4.78 is 22.2. The molecule has 0 aliphatic carbocycles. The second kappa shape index (κ2) is 43.2. The fourth-order valence-electron chi connectivity index (χ4n) is 8.95. The van der Waals surface area contributed by atoms with Crippen LogP contribution in [-0.4, -0.2) is 107 Å². The van der Waals surface area contributed by atoms with Crippen LogP contribution in [0.4, 0.5) is 19.2 Å². The number of rotatable bonds is 42. The predicted molar refractivity (Wildman–Crippen MR) is 326 cm³/mol. The number of Topliss-reactive ketones (excluding diaryl/α,β-unsaturated/α-hetero) is 1. The van der Waals surface area contributed by atoms with Gasteiger partial charge < -0.3 is 45.5 Å². The zero-order chi connectivity index (χ0) is 60.5. The van der Waals surface area contributed by atoms with Crippen LogP contribution in [-0.2, 0) is 28.5 Å². The van der Waals surface area contributed by atoms with E-state index in [0.29, 0.717) is 25.9 Å². The van der Waals surface area contributed by atoms with E-state index in [9.17, 15) is 19.2 Å². The number of nitrogens with zero attached hydrogens (tertiary/aromatic N) is 2. The number of amides is 5. The van der Waals surface area contributed by atoms with Crippen LogP contribution in [0.15, 0.2) is 17.1 Å². The van der Waals surface area contributed by atoms with E-state index >= 15 is 9.59 Å². The van der Waals surface area contributed by atoms with Gasteiger partial charge in [-0.1, -0.05) is 167 Å². The quantitative estimate of drug-likeness (QED) is 0.0127. The van der Waals surface area contributed by atoms with Crippen LogP contribution in [0.25, 0.3) is 0 Å². The number of carbonyl (C=O) groups is 6. The molecule has 2 unspecified atom stereocenters. The first-order valence-electron chi connectivity index (χ1n) is 31.3. The average Bonchev–Trinajstić information content (AvgIpc) is 3.32. The second-order valence-corrected chi connectivity index (χ2v) is 25.7. The molecule has 6 N–H and O–H groups in total. The van der Waals surface area contributed by atoms with Crippen LogP contribution in [0.2, 0.25) is 0 Å². The molecule has 466 valence electrons. The lowest BCUT2D eigenvalue weighted by Crippen LogP contribution is -2.65. The molecule has 17 nitrogen and oxygen atoms in total. The number of allylic oxidation sites excluding steroid dienone is 2. The molecular weight excluding hydrogens is 1010 g/mol. The molecule has 3 atom stereocenters. The fourth-order valence-corrected chi connectivity index (χ4v) is 8.95.